The minimum absolute atomic E-state index is 0.578. The Hall–Kier alpha value is -0.120. The third kappa shape index (κ3) is 2.58. The zero-order valence-corrected chi connectivity index (χ0v) is 10.7. The minimum Gasteiger partial charge on any atom is -0.383 e. The van der Waals surface area contributed by atoms with E-state index in [1.807, 2.05) is 7.11 Å². The van der Waals surface area contributed by atoms with Crippen molar-refractivity contribution < 1.29 is 4.74 Å². The van der Waals surface area contributed by atoms with Gasteiger partial charge in [-0.2, -0.15) is 0 Å². The van der Waals surface area contributed by atoms with Crippen molar-refractivity contribution in [1.29, 1.82) is 0 Å². The molecule has 2 fully saturated rings. The molecule has 3 heteroatoms. The van der Waals surface area contributed by atoms with Gasteiger partial charge in [0, 0.05) is 25.7 Å². The lowest BCUT2D eigenvalue weighted by Crippen LogP contribution is -2.55. The van der Waals surface area contributed by atoms with Gasteiger partial charge in [-0.25, -0.2) is 0 Å². The summed E-state index contributed by atoms with van der Waals surface area (Å²) in [5.74, 6) is 1.62. The van der Waals surface area contributed by atoms with Gasteiger partial charge in [0.25, 0.3) is 0 Å². The van der Waals surface area contributed by atoms with E-state index in [1.165, 1.54) is 32.2 Å². The van der Waals surface area contributed by atoms with Gasteiger partial charge in [-0.15, -0.1) is 0 Å². The number of hydrogen-bond donors (Lipinski definition) is 1. The number of nitrogens with zero attached hydrogens (tertiary/aromatic N) is 1. The molecule has 2 N–H and O–H groups in total. The Morgan fingerprint density at radius 1 is 1.38 bits per heavy atom. The number of ether oxygens (including phenoxy) is 1. The number of hydrogen-bond acceptors (Lipinski definition) is 3. The van der Waals surface area contributed by atoms with Gasteiger partial charge < -0.3 is 10.5 Å². The molecule has 3 atom stereocenters. The lowest BCUT2D eigenvalue weighted by atomic mass is 9.89. The molecular formula is C13H26N2O. The van der Waals surface area contributed by atoms with Gasteiger partial charge in [-0.3, -0.25) is 4.90 Å². The summed E-state index contributed by atoms with van der Waals surface area (Å²) < 4.78 is 5.40. The zero-order chi connectivity index (χ0) is 11.5. The molecular weight excluding hydrogens is 200 g/mol. The van der Waals surface area contributed by atoms with Crippen LogP contribution in [-0.2, 0) is 4.74 Å². The molecule has 0 radical (unpaired) electrons. The molecule has 1 heterocycles. The van der Waals surface area contributed by atoms with Crippen LogP contribution in [0.4, 0.5) is 0 Å². The van der Waals surface area contributed by atoms with Gasteiger partial charge in [-0.05, 0) is 44.1 Å². The Balaban J connectivity index is 2.02. The van der Waals surface area contributed by atoms with Crippen LogP contribution in [0.3, 0.4) is 0 Å². The summed E-state index contributed by atoms with van der Waals surface area (Å²) in [5.41, 5.74) is 5.96. The van der Waals surface area contributed by atoms with Crippen molar-refractivity contribution in [3.63, 3.8) is 0 Å². The van der Waals surface area contributed by atoms with Gasteiger partial charge in [0.2, 0.25) is 0 Å². The highest BCUT2D eigenvalue weighted by molar-refractivity contribution is 4.94. The molecule has 16 heavy (non-hydrogen) atoms. The summed E-state index contributed by atoms with van der Waals surface area (Å²) in [6.07, 6.45) is 5.43. The van der Waals surface area contributed by atoms with E-state index >= 15 is 0 Å². The number of nitrogens with two attached hydrogens (primary N) is 1. The predicted molar refractivity (Wildman–Crippen MR) is 66.3 cm³/mol. The number of likely N-dealkylation sites (tertiary alicyclic amines) is 1. The number of methoxy groups -OCH3 is 1. The van der Waals surface area contributed by atoms with Gasteiger partial charge in [0.15, 0.2) is 0 Å². The topological polar surface area (TPSA) is 38.5 Å². The smallest absolute Gasteiger partial charge is 0.0620 e. The van der Waals surface area contributed by atoms with Crippen molar-refractivity contribution in [2.24, 2.45) is 17.6 Å². The fourth-order valence-electron chi connectivity index (χ4n) is 3.21. The van der Waals surface area contributed by atoms with Crippen molar-refractivity contribution in [3.8, 4) is 0 Å². The summed E-state index contributed by atoms with van der Waals surface area (Å²) in [5, 5.41) is 0. The predicted octanol–water partition coefficient (Wildman–Crippen LogP) is 1.47. The molecule has 0 aromatic rings. The van der Waals surface area contributed by atoms with Crippen LogP contribution in [0.25, 0.3) is 0 Å². The molecule has 1 aliphatic carbocycles. The minimum atomic E-state index is 0.578. The van der Waals surface area contributed by atoms with Crippen LogP contribution in [0, 0.1) is 11.8 Å². The van der Waals surface area contributed by atoms with Gasteiger partial charge >= 0.3 is 0 Å². The average molecular weight is 226 g/mol. The van der Waals surface area contributed by atoms with E-state index in [0.29, 0.717) is 12.1 Å². The Morgan fingerprint density at radius 3 is 2.69 bits per heavy atom. The van der Waals surface area contributed by atoms with Gasteiger partial charge in [0.1, 0.15) is 0 Å². The van der Waals surface area contributed by atoms with E-state index in [9.17, 15) is 0 Å². The van der Waals surface area contributed by atoms with Crippen molar-refractivity contribution in [2.75, 3.05) is 26.8 Å². The van der Waals surface area contributed by atoms with Crippen LogP contribution in [-0.4, -0.2) is 43.8 Å². The van der Waals surface area contributed by atoms with Gasteiger partial charge in [0.05, 0.1) is 6.61 Å². The van der Waals surface area contributed by atoms with Crippen LogP contribution < -0.4 is 5.73 Å². The number of rotatable bonds is 5. The summed E-state index contributed by atoms with van der Waals surface area (Å²) in [6, 6.07) is 1.20. The first kappa shape index (κ1) is 12.3. The van der Waals surface area contributed by atoms with Crippen LogP contribution in [0.15, 0.2) is 0 Å². The number of piperidine rings is 1. The first-order chi connectivity index (χ1) is 7.77. The molecule has 0 aromatic carbocycles. The normalized spacial score (nSPS) is 33.9. The SMILES string of the molecule is COCC(C1CC1)N1CCCC(C)C1CN. The maximum atomic E-state index is 5.96. The second-order valence-electron chi connectivity index (χ2n) is 5.52. The van der Waals surface area contributed by atoms with E-state index in [2.05, 4.69) is 11.8 Å². The molecule has 0 spiro atoms. The van der Waals surface area contributed by atoms with E-state index in [1.54, 1.807) is 0 Å². The standard InChI is InChI=1S/C13H26N2O/c1-10-4-3-7-15(12(10)8-14)13(9-16-2)11-5-6-11/h10-13H,3-9,14H2,1-2H3. The van der Waals surface area contributed by atoms with E-state index in [4.69, 9.17) is 10.5 Å². The fraction of sp³-hybridized carbons (Fsp3) is 1.00. The Morgan fingerprint density at radius 2 is 2.12 bits per heavy atom. The van der Waals surface area contributed by atoms with E-state index < -0.39 is 0 Å². The quantitative estimate of drug-likeness (QED) is 0.771. The molecule has 0 amide bonds. The monoisotopic (exact) mass is 226 g/mol. The highest BCUT2D eigenvalue weighted by Gasteiger charge is 2.40. The molecule has 3 unspecified atom stereocenters. The maximum absolute atomic E-state index is 5.96. The largest absolute Gasteiger partial charge is 0.383 e. The summed E-state index contributed by atoms with van der Waals surface area (Å²) in [6.45, 7) is 5.25. The average Bonchev–Trinajstić information content (AvgIpc) is 3.09. The highest BCUT2D eigenvalue weighted by Crippen LogP contribution is 2.38. The molecule has 94 valence electrons. The Kier molecular flexibility index (Phi) is 4.22. The van der Waals surface area contributed by atoms with E-state index in [-0.39, 0.29) is 0 Å². The molecule has 2 aliphatic rings. The third-order valence-corrected chi connectivity index (χ3v) is 4.33. The summed E-state index contributed by atoms with van der Waals surface area (Å²) in [7, 11) is 1.82. The first-order valence-corrected chi connectivity index (χ1v) is 6.72. The van der Waals surface area contributed by atoms with Crippen LogP contribution in [0.5, 0.6) is 0 Å². The molecule has 2 rings (SSSR count). The molecule has 0 bridgehead atoms. The second kappa shape index (κ2) is 5.48. The van der Waals surface area contributed by atoms with Crippen LogP contribution >= 0.6 is 0 Å². The second-order valence-corrected chi connectivity index (χ2v) is 5.52. The maximum Gasteiger partial charge on any atom is 0.0620 e. The van der Waals surface area contributed by atoms with Crippen LogP contribution in [0.1, 0.15) is 32.6 Å². The van der Waals surface area contributed by atoms with Crippen molar-refractivity contribution in [2.45, 2.75) is 44.7 Å². The Bertz CT molecular complexity index is 218. The lowest BCUT2D eigenvalue weighted by Gasteiger charge is -2.44. The Labute approximate surface area is 99.3 Å². The molecule has 3 nitrogen and oxygen atoms in total. The summed E-state index contributed by atoms with van der Waals surface area (Å²) >= 11 is 0. The summed E-state index contributed by atoms with van der Waals surface area (Å²) in [4.78, 5) is 2.65. The lowest BCUT2D eigenvalue weighted by molar-refractivity contribution is 0.0116. The molecule has 0 aromatic heterocycles. The van der Waals surface area contributed by atoms with Gasteiger partial charge in [-0.1, -0.05) is 6.92 Å². The highest BCUT2D eigenvalue weighted by atomic mass is 16.5. The zero-order valence-electron chi connectivity index (χ0n) is 10.7. The van der Waals surface area contributed by atoms with Crippen molar-refractivity contribution in [3.05, 3.63) is 0 Å². The van der Waals surface area contributed by atoms with Crippen molar-refractivity contribution in [1.82, 2.24) is 4.90 Å². The molecule has 1 aliphatic heterocycles. The van der Waals surface area contributed by atoms with E-state index in [0.717, 1.165) is 25.0 Å². The van der Waals surface area contributed by atoms with Crippen molar-refractivity contribution >= 4 is 0 Å². The third-order valence-electron chi connectivity index (χ3n) is 4.33. The fourth-order valence-corrected chi connectivity index (χ4v) is 3.21. The first-order valence-electron chi connectivity index (χ1n) is 6.72. The molecule has 1 saturated heterocycles. The van der Waals surface area contributed by atoms with Crippen LogP contribution in [0.2, 0.25) is 0 Å². The molecule has 1 saturated carbocycles.